The molecule has 0 spiro atoms. The van der Waals surface area contributed by atoms with Crippen molar-refractivity contribution < 1.29 is 24.2 Å². The van der Waals surface area contributed by atoms with Crippen molar-refractivity contribution in [2.45, 2.75) is 52.2 Å². The number of hydrogen-bond donors (Lipinski definition) is 2. The maximum atomic E-state index is 13.8. The number of benzene rings is 4. The van der Waals surface area contributed by atoms with Crippen molar-refractivity contribution in [1.82, 2.24) is 10.2 Å². The quantitative estimate of drug-likeness (QED) is 0.127. The molecule has 0 aliphatic heterocycles. The molecule has 4 aromatic carbocycles. The van der Waals surface area contributed by atoms with Crippen LogP contribution in [-0.4, -0.2) is 47.1 Å². The summed E-state index contributed by atoms with van der Waals surface area (Å²) < 4.78 is 5.67. The lowest BCUT2D eigenvalue weighted by Crippen LogP contribution is -2.51. The summed E-state index contributed by atoms with van der Waals surface area (Å²) in [7, 11) is 0. The van der Waals surface area contributed by atoms with Gasteiger partial charge in [-0.25, -0.2) is 9.59 Å². The zero-order valence-corrected chi connectivity index (χ0v) is 26.7. The smallest absolute Gasteiger partial charge is 0.329 e. The second-order valence-corrected chi connectivity index (χ2v) is 12.1. The number of hydrogen-bond acceptors (Lipinski definition) is 4. The molecule has 0 saturated heterocycles. The molecule has 4 aromatic rings. The third-order valence-electron chi connectivity index (χ3n) is 7.83. The van der Waals surface area contributed by atoms with E-state index in [4.69, 9.17) is 4.74 Å². The topological polar surface area (TPSA) is 95.9 Å². The zero-order chi connectivity index (χ0) is 32.7. The van der Waals surface area contributed by atoms with Crippen LogP contribution in [0.3, 0.4) is 0 Å². The number of ether oxygens (including phenoxy) is 1. The molecule has 2 N–H and O–H groups in total. The molecule has 240 valence electrons. The van der Waals surface area contributed by atoms with Gasteiger partial charge in [0.25, 0.3) is 0 Å². The van der Waals surface area contributed by atoms with E-state index >= 15 is 0 Å². The fourth-order valence-electron chi connectivity index (χ4n) is 5.40. The van der Waals surface area contributed by atoms with Gasteiger partial charge in [0.2, 0.25) is 0 Å². The second kappa shape index (κ2) is 17.5. The molecule has 46 heavy (non-hydrogen) atoms. The summed E-state index contributed by atoms with van der Waals surface area (Å²) in [5.74, 6) is -2.13. The Balaban J connectivity index is 1.47. The van der Waals surface area contributed by atoms with Gasteiger partial charge in [-0.1, -0.05) is 129 Å². The van der Waals surface area contributed by atoms with Gasteiger partial charge in [0.05, 0.1) is 5.92 Å². The highest BCUT2D eigenvalue weighted by Crippen LogP contribution is 2.20. The van der Waals surface area contributed by atoms with Gasteiger partial charge < -0.3 is 20.1 Å². The first-order chi connectivity index (χ1) is 22.3. The van der Waals surface area contributed by atoms with Crippen LogP contribution in [0.1, 0.15) is 43.4 Å². The minimum Gasteiger partial charge on any atom is -0.481 e. The number of carboxylic acids is 1. The van der Waals surface area contributed by atoms with Crippen LogP contribution in [0.15, 0.2) is 115 Å². The van der Waals surface area contributed by atoms with E-state index in [2.05, 4.69) is 5.32 Å². The molecule has 0 aromatic heterocycles. The van der Waals surface area contributed by atoms with Gasteiger partial charge >= 0.3 is 18.0 Å². The first-order valence-corrected chi connectivity index (χ1v) is 16.0. The monoisotopic (exact) mass is 620 g/mol. The minimum atomic E-state index is -0.963. The Hall–Kier alpha value is -4.91. The molecule has 0 fully saturated rings. The summed E-state index contributed by atoms with van der Waals surface area (Å²) >= 11 is 0. The Bertz CT molecular complexity index is 1510. The van der Waals surface area contributed by atoms with Crippen LogP contribution in [0.25, 0.3) is 11.1 Å². The molecule has 0 aliphatic rings. The predicted molar refractivity (Wildman–Crippen MR) is 181 cm³/mol. The molecule has 7 nitrogen and oxygen atoms in total. The Labute approximate surface area is 272 Å². The van der Waals surface area contributed by atoms with Crippen molar-refractivity contribution >= 4 is 18.0 Å². The third kappa shape index (κ3) is 10.9. The minimum absolute atomic E-state index is 0.0473. The molecule has 0 bridgehead atoms. The van der Waals surface area contributed by atoms with Crippen molar-refractivity contribution in [3.8, 4) is 11.1 Å². The van der Waals surface area contributed by atoms with Crippen LogP contribution in [0, 0.1) is 11.8 Å². The van der Waals surface area contributed by atoms with Gasteiger partial charge in [-0.3, -0.25) is 4.79 Å². The van der Waals surface area contributed by atoms with Gasteiger partial charge in [0.1, 0.15) is 12.6 Å². The Morgan fingerprint density at radius 3 is 1.87 bits per heavy atom. The van der Waals surface area contributed by atoms with Gasteiger partial charge in [-0.15, -0.1) is 0 Å². The molecular weight excluding hydrogens is 576 g/mol. The van der Waals surface area contributed by atoms with Crippen molar-refractivity contribution in [1.29, 1.82) is 0 Å². The summed E-state index contributed by atoms with van der Waals surface area (Å²) in [4.78, 5) is 41.0. The molecule has 0 saturated carbocycles. The van der Waals surface area contributed by atoms with Crippen LogP contribution < -0.4 is 5.32 Å². The average Bonchev–Trinajstić information content (AvgIpc) is 3.07. The third-order valence-corrected chi connectivity index (χ3v) is 7.83. The van der Waals surface area contributed by atoms with E-state index in [0.29, 0.717) is 19.4 Å². The molecule has 1 unspecified atom stereocenters. The van der Waals surface area contributed by atoms with Crippen LogP contribution in [-0.2, 0) is 33.8 Å². The molecule has 0 aliphatic carbocycles. The normalized spacial score (nSPS) is 12.2. The summed E-state index contributed by atoms with van der Waals surface area (Å²) in [6.45, 7) is 4.44. The summed E-state index contributed by atoms with van der Waals surface area (Å²) in [6, 6.07) is 35.8. The molecular formula is C39H44N2O5. The Kier molecular flexibility index (Phi) is 13.0. The lowest BCUT2D eigenvalue weighted by Gasteiger charge is -2.29. The Morgan fingerprint density at radius 2 is 1.28 bits per heavy atom. The molecule has 7 heteroatoms. The lowest BCUT2D eigenvalue weighted by atomic mass is 9.98. The second-order valence-electron chi connectivity index (χ2n) is 12.1. The largest absolute Gasteiger partial charge is 0.481 e. The number of aliphatic carboxylic acids is 1. The number of carbonyl (C=O) groups excluding carboxylic acids is 2. The number of nitrogens with zero attached hydrogens (tertiary/aromatic N) is 1. The molecule has 0 radical (unpaired) electrons. The molecule has 4 rings (SSSR count). The first-order valence-electron chi connectivity index (χ1n) is 16.0. The highest BCUT2D eigenvalue weighted by molar-refractivity contribution is 5.84. The molecule has 2 amide bonds. The van der Waals surface area contributed by atoms with Crippen LogP contribution in [0.2, 0.25) is 0 Å². The summed E-state index contributed by atoms with van der Waals surface area (Å²) in [5.41, 5.74) is 4.99. The summed E-state index contributed by atoms with van der Waals surface area (Å²) in [6.07, 6.45) is 2.11. The number of esters is 1. The number of rotatable bonds is 16. The summed E-state index contributed by atoms with van der Waals surface area (Å²) in [5, 5.41) is 12.9. The van der Waals surface area contributed by atoms with Gasteiger partial charge in [0, 0.05) is 19.5 Å². The van der Waals surface area contributed by atoms with E-state index in [1.54, 1.807) is 0 Å². The maximum absolute atomic E-state index is 13.8. The van der Waals surface area contributed by atoms with Gasteiger partial charge in [0.15, 0.2) is 0 Å². The van der Waals surface area contributed by atoms with Crippen molar-refractivity contribution in [3.05, 3.63) is 132 Å². The standard InChI is InChI=1S/C39H44N2O5/c1-29(2)26-41(27-35(37(42)43)20-12-17-30-13-6-3-7-14-30)39(45)40-36(38(44)46-28-32-15-8-4-9-16-32)25-31-21-23-34(24-22-31)33-18-10-5-11-19-33/h3-11,13-16,18-19,21-24,29,35-36H,12,17,20,25-28H2,1-2H3,(H,40,45)(H,42,43)/t35?,36-/m0/s1. The number of aryl methyl sites for hydroxylation is 1. The van der Waals surface area contributed by atoms with Crippen molar-refractivity contribution in [2.75, 3.05) is 13.1 Å². The SMILES string of the molecule is CC(C)CN(CC(CCCc1ccccc1)C(=O)O)C(=O)N[C@@H](Cc1ccc(-c2ccccc2)cc1)C(=O)OCc1ccccc1. The fraction of sp³-hybridized carbons (Fsp3) is 0.308. The van der Waals surface area contributed by atoms with E-state index in [0.717, 1.165) is 34.2 Å². The predicted octanol–water partition coefficient (Wildman–Crippen LogP) is 7.40. The maximum Gasteiger partial charge on any atom is 0.329 e. The number of carbonyl (C=O) groups is 3. The van der Waals surface area contributed by atoms with Crippen molar-refractivity contribution in [3.63, 3.8) is 0 Å². The number of urea groups is 1. The number of amides is 2. The van der Waals surface area contributed by atoms with E-state index in [-0.39, 0.29) is 25.5 Å². The van der Waals surface area contributed by atoms with E-state index < -0.39 is 29.9 Å². The zero-order valence-electron chi connectivity index (χ0n) is 26.7. The molecule has 0 heterocycles. The highest BCUT2D eigenvalue weighted by atomic mass is 16.5. The van der Waals surface area contributed by atoms with Gasteiger partial charge in [-0.05, 0) is 53.0 Å². The fourth-order valence-corrected chi connectivity index (χ4v) is 5.40. The van der Waals surface area contributed by atoms with E-state index in [1.807, 2.05) is 129 Å². The van der Waals surface area contributed by atoms with E-state index in [1.165, 1.54) is 4.90 Å². The lowest BCUT2D eigenvalue weighted by molar-refractivity contribution is -0.147. The number of nitrogens with one attached hydrogen (secondary N) is 1. The van der Waals surface area contributed by atoms with E-state index in [9.17, 15) is 19.5 Å². The van der Waals surface area contributed by atoms with Crippen LogP contribution in [0.4, 0.5) is 4.79 Å². The van der Waals surface area contributed by atoms with Crippen LogP contribution in [0.5, 0.6) is 0 Å². The Morgan fingerprint density at radius 1 is 0.717 bits per heavy atom. The average molecular weight is 621 g/mol. The van der Waals surface area contributed by atoms with Crippen molar-refractivity contribution in [2.24, 2.45) is 11.8 Å². The van der Waals surface area contributed by atoms with Gasteiger partial charge in [-0.2, -0.15) is 0 Å². The van der Waals surface area contributed by atoms with Crippen LogP contribution >= 0.6 is 0 Å². The first kappa shape index (κ1) is 34.0. The highest BCUT2D eigenvalue weighted by Gasteiger charge is 2.29. The number of carboxylic acid groups (broad SMARTS) is 1. The molecule has 2 atom stereocenters.